The molecule has 2 fully saturated rings. The molecule has 0 heterocycles. The summed E-state index contributed by atoms with van der Waals surface area (Å²) in [7, 11) is 0. The molecule has 0 bridgehead atoms. The first kappa shape index (κ1) is 14.2. The van der Waals surface area contributed by atoms with Gasteiger partial charge in [-0.25, -0.2) is 8.78 Å². The molecule has 104 valence electrons. The molecule has 18 heavy (non-hydrogen) atoms. The van der Waals surface area contributed by atoms with E-state index in [0.29, 0.717) is 12.8 Å². The van der Waals surface area contributed by atoms with E-state index in [1.165, 1.54) is 0 Å². The fraction of sp³-hybridized carbons (Fsp3) is 0.923. The molecule has 0 spiro atoms. The number of halogens is 3. The van der Waals surface area contributed by atoms with Gasteiger partial charge in [0.15, 0.2) is 0 Å². The highest BCUT2D eigenvalue weighted by atomic mass is 79.9. The van der Waals surface area contributed by atoms with Crippen LogP contribution in [0.4, 0.5) is 8.78 Å². The molecule has 2 saturated carbocycles. The summed E-state index contributed by atoms with van der Waals surface area (Å²) in [5, 5.41) is 3.87. The Bertz CT molecular complexity index is 306. The van der Waals surface area contributed by atoms with Crippen LogP contribution in [0.5, 0.6) is 0 Å². The van der Waals surface area contributed by atoms with Crippen LogP contribution in [0.1, 0.15) is 51.4 Å². The molecular weight excluding hydrogens is 304 g/mol. The lowest BCUT2D eigenvalue weighted by molar-refractivity contribution is -0.130. The first-order chi connectivity index (χ1) is 8.46. The van der Waals surface area contributed by atoms with Crippen LogP contribution < -0.4 is 5.32 Å². The van der Waals surface area contributed by atoms with E-state index in [1.54, 1.807) is 0 Å². The lowest BCUT2D eigenvalue weighted by atomic mass is 9.85. The molecular formula is C13H20BrF2NO. The van der Waals surface area contributed by atoms with E-state index in [2.05, 4.69) is 21.2 Å². The molecule has 1 amide bonds. The summed E-state index contributed by atoms with van der Waals surface area (Å²) in [6.07, 6.45) is 4.59. The van der Waals surface area contributed by atoms with Crippen molar-refractivity contribution in [1.29, 1.82) is 0 Å². The second kappa shape index (κ2) is 5.43. The molecule has 0 unspecified atom stereocenters. The average Bonchev–Trinajstić information content (AvgIpc) is 2.78. The van der Waals surface area contributed by atoms with Gasteiger partial charge in [0, 0.05) is 29.6 Å². The maximum absolute atomic E-state index is 13.0. The fourth-order valence-corrected chi connectivity index (χ4v) is 3.71. The number of hydrogen-bond acceptors (Lipinski definition) is 1. The topological polar surface area (TPSA) is 29.1 Å². The van der Waals surface area contributed by atoms with Crippen molar-refractivity contribution in [1.82, 2.24) is 5.32 Å². The third-order valence-corrected chi connectivity index (χ3v) is 5.37. The smallest absolute Gasteiger partial charge is 0.248 e. The van der Waals surface area contributed by atoms with Crippen molar-refractivity contribution < 1.29 is 13.6 Å². The van der Waals surface area contributed by atoms with Gasteiger partial charge >= 0.3 is 0 Å². The van der Waals surface area contributed by atoms with Crippen molar-refractivity contribution in [2.45, 2.75) is 62.8 Å². The summed E-state index contributed by atoms with van der Waals surface area (Å²) in [6.45, 7) is 0. The van der Waals surface area contributed by atoms with E-state index in [0.717, 1.165) is 31.0 Å². The lowest BCUT2D eigenvalue weighted by Gasteiger charge is -2.33. The monoisotopic (exact) mass is 323 g/mol. The maximum atomic E-state index is 13.0. The molecule has 0 atom stereocenters. The van der Waals surface area contributed by atoms with Gasteiger partial charge in [-0.15, -0.1) is 0 Å². The third-order valence-electron chi connectivity index (χ3n) is 4.29. The minimum absolute atomic E-state index is 0.0214. The first-order valence-corrected chi connectivity index (χ1v) is 7.84. The Labute approximate surface area is 115 Å². The largest absolute Gasteiger partial charge is 0.350 e. The zero-order valence-electron chi connectivity index (χ0n) is 10.5. The molecule has 2 rings (SSSR count). The van der Waals surface area contributed by atoms with Crippen molar-refractivity contribution in [3.8, 4) is 0 Å². The summed E-state index contributed by atoms with van der Waals surface area (Å²) < 4.78 is 26.1. The molecule has 1 N–H and O–H groups in total. The molecule has 0 radical (unpaired) electrons. The normalized spacial score (nSPS) is 27.1. The van der Waals surface area contributed by atoms with Crippen LogP contribution in [0, 0.1) is 5.92 Å². The Morgan fingerprint density at radius 2 is 1.72 bits per heavy atom. The van der Waals surface area contributed by atoms with Gasteiger partial charge in [0.1, 0.15) is 0 Å². The van der Waals surface area contributed by atoms with E-state index in [4.69, 9.17) is 0 Å². The number of hydrogen-bond donors (Lipinski definition) is 1. The highest BCUT2D eigenvalue weighted by Gasteiger charge is 2.40. The van der Waals surface area contributed by atoms with Crippen LogP contribution in [0.25, 0.3) is 0 Å². The molecule has 0 aromatic rings. The Balaban J connectivity index is 1.88. The van der Waals surface area contributed by atoms with Crippen LogP contribution in [0.3, 0.4) is 0 Å². The zero-order chi connectivity index (χ0) is 13.2. The van der Waals surface area contributed by atoms with Crippen molar-refractivity contribution in [3.63, 3.8) is 0 Å². The minimum Gasteiger partial charge on any atom is -0.350 e. The number of carbonyl (C=O) groups excluding carboxylic acids is 1. The lowest BCUT2D eigenvalue weighted by Crippen LogP contribution is -2.50. The molecule has 0 saturated heterocycles. The number of rotatable bonds is 3. The van der Waals surface area contributed by atoms with Crippen LogP contribution >= 0.6 is 15.9 Å². The molecule has 2 aliphatic rings. The summed E-state index contributed by atoms with van der Waals surface area (Å²) in [6, 6.07) is 0. The number of nitrogens with one attached hydrogen (secondary N) is 1. The van der Waals surface area contributed by atoms with Gasteiger partial charge in [0.25, 0.3) is 0 Å². The van der Waals surface area contributed by atoms with Crippen LogP contribution in [-0.4, -0.2) is 22.7 Å². The standard InChI is InChI=1S/C13H20BrF2NO/c14-9-12(5-1-2-6-12)17-11(18)10-3-7-13(15,16)8-4-10/h10H,1-9H2,(H,17,18). The summed E-state index contributed by atoms with van der Waals surface area (Å²) in [4.78, 5) is 12.2. The molecule has 2 aliphatic carbocycles. The number of amides is 1. The summed E-state index contributed by atoms with van der Waals surface area (Å²) >= 11 is 3.47. The highest BCUT2D eigenvalue weighted by Crippen LogP contribution is 2.37. The molecule has 5 heteroatoms. The van der Waals surface area contributed by atoms with Gasteiger partial charge in [-0.1, -0.05) is 28.8 Å². The second-order valence-electron chi connectivity index (χ2n) is 5.74. The second-order valence-corrected chi connectivity index (χ2v) is 6.30. The quantitative estimate of drug-likeness (QED) is 0.789. The van der Waals surface area contributed by atoms with E-state index < -0.39 is 5.92 Å². The Hall–Kier alpha value is -0.190. The van der Waals surface area contributed by atoms with Gasteiger partial charge in [-0.05, 0) is 25.7 Å². The van der Waals surface area contributed by atoms with Crippen LogP contribution in [-0.2, 0) is 4.79 Å². The Morgan fingerprint density at radius 1 is 1.17 bits per heavy atom. The van der Waals surface area contributed by atoms with Gasteiger partial charge in [-0.3, -0.25) is 4.79 Å². The van der Waals surface area contributed by atoms with Crippen LogP contribution in [0.2, 0.25) is 0 Å². The molecule has 0 aromatic heterocycles. The van der Waals surface area contributed by atoms with Gasteiger partial charge in [0.2, 0.25) is 11.8 Å². The van der Waals surface area contributed by atoms with Gasteiger partial charge in [-0.2, -0.15) is 0 Å². The predicted octanol–water partition coefficient (Wildman–Crippen LogP) is 3.64. The third kappa shape index (κ3) is 3.22. The highest BCUT2D eigenvalue weighted by molar-refractivity contribution is 9.09. The number of alkyl halides is 3. The zero-order valence-corrected chi connectivity index (χ0v) is 12.1. The van der Waals surface area contributed by atoms with E-state index in [9.17, 15) is 13.6 Å². The first-order valence-electron chi connectivity index (χ1n) is 6.72. The van der Waals surface area contributed by atoms with Crippen LogP contribution in [0.15, 0.2) is 0 Å². The summed E-state index contributed by atoms with van der Waals surface area (Å²) in [5.41, 5.74) is -0.128. The molecule has 2 nitrogen and oxygen atoms in total. The average molecular weight is 324 g/mol. The Kier molecular flexibility index (Phi) is 4.29. The summed E-state index contributed by atoms with van der Waals surface area (Å²) in [5.74, 6) is -2.80. The fourth-order valence-electron chi connectivity index (χ4n) is 3.01. The number of carbonyl (C=O) groups is 1. The van der Waals surface area contributed by atoms with Gasteiger partial charge in [0.05, 0.1) is 0 Å². The van der Waals surface area contributed by atoms with Crippen molar-refractivity contribution in [2.75, 3.05) is 5.33 Å². The van der Waals surface area contributed by atoms with E-state index in [-0.39, 0.29) is 30.2 Å². The Morgan fingerprint density at radius 3 is 2.22 bits per heavy atom. The van der Waals surface area contributed by atoms with Crippen molar-refractivity contribution >= 4 is 21.8 Å². The van der Waals surface area contributed by atoms with Crippen molar-refractivity contribution in [2.24, 2.45) is 5.92 Å². The maximum Gasteiger partial charge on any atom is 0.248 e. The SMILES string of the molecule is O=C(NC1(CBr)CCCC1)C1CCC(F)(F)CC1. The van der Waals surface area contributed by atoms with E-state index in [1.807, 2.05) is 0 Å². The minimum atomic E-state index is -2.56. The molecule has 0 aliphatic heterocycles. The molecule has 0 aromatic carbocycles. The van der Waals surface area contributed by atoms with Crippen molar-refractivity contribution in [3.05, 3.63) is 0 Å². The van der Waals surface area contributed by atoms with E-state index >= 15 is 0 Å². The predicted molar refractivity (Wildman–Crippen MR) is 70.0 cm³/mol. The van der Waals surface area contributed by atoms with Gasteiger partial charge < -0.3 is 5.32 Å².